The molecule has 0 N–H and O–H groups in total. The summed E-state index contributed by atoms with van der Waals surface area (Å²) in [5.41, 5.74) is -0.0869. The molecule has 0 radical (unpaired) electrons. The van der Waals surface area contributed by atoms with Crippen LogP contribution in [-0.4, -0.2) is 9.91 Å². The van der Waals surface area contributed by atoms with Gasteiger partial charge in [-0.15, -0.1) is 0 Å². The zero-order valence-corrected chi connectivity index (χ0v) is 11.2. The third-order valence-electron chi connectivity index (χ3n) is 2.04. The van der Waals surface area contributed by atoms with Gasteiger partial charge in [0.15, 0.2) is 0 Å². The van der Waals surface area contributed by atoms with Crippen molar-refractivity contribution in [1.29, 1.82) is 0 Å². The van der Waals surface area contributed by atoms with Gasteiger partial charge in [0.1, 0.15) is 5.75 Å². The van der Waals surface area contributed by atoms with Crippen LogP contribution in [0.25, 0.3) is 0 Å². The Hall–Kier alpha value is -1.66. The summed E-state index contributed by atoms with van der Waals surface area (Å²) < 4.78 is 6.24. The van der Waals surface area contributed by atoms with Crippen molar-refractivity contribution < 1.29 is 9.66 Å². The minimum absolute atomic E-state index is 0.0869. The van der Waals surface area contributed by atoms with Gasteiger partial charge in [0.2, 0.25) is 5.88 Å². The number of benzene rings is 1. The molecule has 0 unspecified atom stereocenters. The molecule has 0 saturated carbocycles. The van der Waals surface area contributed by atoms with Crippen LogP contribution in [0.15, 0.2) is 41.0 Å². The van der Waals surface area contributed by atoms with Crippen molar-refractivity contribution in [3.8, 4) is 11.6 Å². The Kier molecular flexibility index (Phi) is 3.78. The summed E-state index contributed by atoms with van der Waals surface area (Å²) >= 11 is 9.14. The number of nitro groups is 1. The van der Waals surface area contributed by atoms with Gasteiger partial charge in [0.25, 0.3) is 5.69 Å². The third-order valence-corrected chi connectivity index (χ3v) is 2.81. The lowest BCUT2D eigenvalue weighted by molar-refractivity contribution is -0.384. The first kappa shape index (κ1) is 12.8. The first-order chi connectivity index (χ1) is 8.56. The van der Waals surface area contributed by atoms with Gasteiger partial charge in [-0.2, -0.15) is 0 Å². The predicted octanol–water partition coefficient (Wildman–Crippen LogP) is 4.20. The van der Waals surface area contributed by atoms with Crippen molar-refractivity contribution in [3.63, 3.8) is 0 Å². The van der Waals surface area contributed by atoms with E-state index in [0.717, 1.165) is 4.47 Å². The molecule has 5 nitrogen and oxygen atoms in total. The molecule has 1 aromatic carbocycles. The molecule has 2 rings (SSSR count). The topological polar surface area (TPSA) is 65.3 Å². The zero-order chi connectivity index (χ0) is 13.1. The molecule has 0 aliphatic rings. The molecule has 0 aliphatic carbocycles. The molecule has 2 aromatic rings. The molecule has 0 amide bonds. The second-order valence-electron chi connectivity index (χ2n) is 3.29. The maximum Gasteiger partial charge on any atom is 0.271 e. The highest BCUT2D eigenvalue weighted by Gasteiger charge is 2.11. The monoisotopic (exact) mass is 328 g/mol. The Morgan fingerprint density at radius 1 is 1.33 bits per heavy atom. The Morgan fingerprint density at radius 3 is 2.67 bits per heavy atom. The molecule has 0 aliphatic heterocycles. The van der Waals surface area contributed by atoms with E-state index in [1.807, 2.05) is 0 Å². The molecule has 0 spiro atoms. The van der Waals surface area contributed by atoms with Crippen LogP contribution in [-0.2, 0) is 0 Å². The number of hydrogen-bond donors (Lipinski definition) is 0. The normalized spacial score (nSPS) is 10.1. The van der Waals surface area contributed by atoms with E-state index in [2.05, 4.69) is 20.9 Å². The molecule has 0 saturated heterocycles. The lowest BCUT2D eigenvalue weighted by atomic mass is 10.3. The van der Waals surface area contributed by atoms with Gasteiger partial charge in [-0.05, 0) is 28.1 Å². The van der Waals surface area contributed by atoms with Crippen LogP contribution >= 0.6 is 27.5 Å². The van der Waals surface area contributed by atoms with Crippen LogP contribution in [0, 0.1) is 10.1 Å². The minimum atomic E-state index is -0.520. The summed E-state index contributed by atoms with van der Waals surface area (Å²) in [5, 5.41) is 10.7. The highest BCUT2D eigenvalue weighted by molar-refractivity contribution is 9.10. The predicted molar refractivity (Wildman–Crippen MR) is 70.1 cm³/mol. The average molecular weight is 330 g/mol. The van der Waals surface area contributed by atoms with Crippen molar-refractivity contribution in [3.05, 3.63) is 56.1 Å². The second kappa shape index (κ2) is 5.32. The number of pyridine rings is 1. The number of ether oxygens (including phenoxy) is 1. The highest BCUT2D eigenvalue weighted by Crippen LogP contribution is 2.31. The Morgan fingerprint density at radius 2 is 2.11 bits per heavy atom. The molecule has 0 atom stereocenters. The molecule has 1 heterocycles. The summed E-state index contributed by atoms with van der Waals surface area (Å²) in [6.07, 6.45) is 1.58. The summed E-state index contributed by atoms with van der Waals surface area (Å²) in [7, 11) is 0. The van der Waals surface area contributed by atoms with Crippen LogP contribution in [0.4, 0.5) is 5.69 Å². The lowest BCUT2D eigenvalue weighted by Crippen LogP contribution is -1.91. The average Bonchev–Trinajstić information content (AvgIpc) is 2.34. The molecular weight excluding hydrogens is 323 g/mol. The summed E-state index contributed by atoms with van der Waals surface area (Å²) in [5.74, 6) is 0.672. The van der Waals surface area contributed by atoms with E-state index in [1.54, 1.807) is 18.3 Å². The van der Waals surface area contributed by atoms with Crippen LogP contribution in [0.3, 0.4) is 0 Å². The van der Waals surface area contributed by atoms with Crippen molar-refractivity contribution >= 4 is 33.2 Å². The first-order valence-electron chi connectivity index (χ1n) is 4.79. The SMILES string of the molecule is O=[N+]([O-])c1ccc(Oc2ccc(Br)cn2)c(Cl)c1. The van der Waals surface area contributed by atoms with Gasteiger partial charge in [0.05, 0.1) is 9.95 Å². The molecular formula is C11H6BrClN2O3. The summed E-state index contributed by atoms with van der Waals surface area (Å²) in [4.78, 5) is 14.0. The van der Waals surface area contributed by atoms with Gasteiger partial charge in [-0.3, -0.25) is 10.1 Å². The van der Waals surface area contributed by atoms with E-state index >= 15 is 0 Å². The molecule has 92 valence electrons. The Labute approximate surface area is 116 Å². The van der Waals surface area contributed by atoms with E-state index in [4.69, 9.17) is 16.3 Å². The minimum Gasteiger partial charge on any atom is -0.437 e. The highest BCUT2D eigenvalue weighted by atomic mass is 79.9. The number of halogens is 2. The first-order valence-corrected chi connectivity index (χ1v) is 5.97. The summed E-state index contributed by atoms with van der Waals surface area (Å²) in [6, 6.07) is 7.41. The largest absolute Gasteiger partial charge is 0.437 e. The number of rotatable bonds is 3. The van der Waals surface area contributed by atoms with E-state index in [9.17, 15) is 10.1 Å². The Bertz CT molecular complexity index is 589. The molecule has 0 fully saturated rings. The second-order valence-corrected chi connectivity index (χ2v) is 4.61. The maximum absolute atomic E-state index is 10.5. The molecule has 7 heteroatoms. The van der Waals surface area contributed by atoms with E-state index < -0.39 is 4.92 Å². The maximum atomic E-state index is 10.5. The van der Waals surface area contributed by atoms with Crippen LogP contribution < -0.4 is 4.74 Å². The number of nitro benzene ring substituents is 1. The van der Waals surface area contributed by atoms with Gasteiger partial charge >= 0.3 is 0 Å². The zero-order valence-electron chi connectivity index (χ0n) is 8.84. The smallest absolute Gasteiger partial charge is 0.271 e. The number of non-ortho nitro benzene ring substituents is 1. The van der Waals surface area contributed by atoms with Crippen LogP contribution in [0.5, 0.6) is 11.6 Å². The quantitative estimate of drug-likeness (QED) is 0.625. The fourth-order valence-electron chi connectivity index (χ4n) is 1.22. The molecule has 0 bridgehead atoms. The van der Waals surface area contributed by atoms with Crippen molar-refractivity contribution in [2.24, 2.45) is 0 Å². The van der Waals surface area contributed by atoms with Gasteiger partial charge in [0, 0.05) is 28.9 Å². The van der Waals surface area contributed by atoms with E-state index in [-0.39, 0.29) is 10.7 Å². The van der Waals surface area contributed by atoms with Crippen LogP contribution in [0.1, 0.15) is 0 Å². The molecule has 1 aromatic heterocycles. The number of nitrogens with zero attached hydrogens (tertiary/aromatic N) is 2. The fraction of sp³-hybridized carbons (Fsp3) is 0. The van der Waals surface area contributed by atoms with Gasteiger partial charge in [-0.25, -0.2) is 4.98 Å². The fourth-order valence-corrected chi connectivity index (χ4v) is 1.67. The Balaban J connectivity index is 2.24. The number of hydrogen-bond acceptors (Lipinski definition) is 4. The van der Waals surface area contributed by atoms with Gasteiger partial charge < -0.3 is 4.74 Å². The van der Waals surface area contributed by atoms with Crippen molar-refractivity contribution in [2.75, 3.05) is 0 Å². The standard InChI is InChI=1S/C11H6BrClN2O3/c12-7-1-4-11(14-6-7)18-10-3-2-8(15(16)17)5-9(10)13/h1-6H. The van der Waals surface area contributed by atoms with E-state index in [0.29, 0.717) is 11.6 Å². The lowest BCUT2D eigenvalue weighted by Gasteiger charge is -2.06. The third kappa shape index (κ3) is 2.96. The van der Waals surface area contributed by atoms with E-state index in [1.165, 1.54) is 18.2 Å². The van der Waals surface area contributed by atoms with Crippen molar-refractivity contribution in [1.82, 2.24) is 4.98 Å². The van der Waals surface area contributed by atoms with Crippen LogP contribution in [0.2, 0.25) is 5.02 Å². The summed E-state index contributed by atoms with van der Waals surface area (Å²) in [6.45, 7) is 0. The van der Waals surface area contributed by atoms with Crippen molar-refractivity contribution in [2.45, 2.75) is 0 Å². The van der Waals surface area contributed by atoms with Gasteiger partial charge in [-0.1, -0.05) is 11.6 Å². The number of aromatic nitrogens is 1. The molecule has 18 heavy (non-hydrogen) atoms.